The van der Waals surface area contributed by atoms with E-state index >= 15 is 0 Å². The summed E-state index contributed by atoms with van der Waals surface area (Å²) in [4.78, 5) is 36.7. The van der Waals surface area contributed by atoms with E-state index in [9.17, 15) is 14.4 Å². The molecule has 4 amide bonds. The SMILES string of the molecule is COc1ccccc1CNC(=O)CCN1C(=O)NC(C)(C)C1=O. The Labute approximate surface area is 135 Å². The molecule has 7 nitrogen and oxygen atoms in total. The number of benzene rings is 1. The predicted octanol–water partition coefficient (Wildman–Crippen LogP) is 1.03. The normalized spacial score (nSPS) is 16.2. The lowest BCUT2D eigenvalue weighted by atomic mass is 10.1. The number of amides is 4. The Hall–Kier alpha value is -2.57. The first-order chi connectivity index (χ1) is 10.8. The number of hydrogen-bond acceptors (Lipinski definition) is 4. The molecule has 0 aromatic heterocycles. The van der Waals surface area contributed by atoms with Crippen LogP contribution in [0.2, 0.25) is 0 Å². The van der Waals surface area contributed by atoms with Gasteiger partial charge in [-0.15, -0.1) is 0 Å². The van der Waals surface area contributed by atoms with Crippen LogP contribution >= 0.6 is 0 Å². The first kappa shape index (κ1) is 16.8. The van der Waals surface area contributed by atoms with Crippen molar-refractivity contribution in [1.82, 2.24) is 15.5 Å². The molecule has 7 heteroatoms. The lowest BCUT2D eigenvalue weighted by molar-refractivity contribution is -0.130. The van der Waals surface area contributed by atoms with E-state index in [4.69, 9.17) is 4.74 Å². The van der Waals surface area contributed by atoms with E-state index in [1.165, 1.54) is 0 Å². The van der Waals surface area contributed by atoms with E-state index in [2.05, 4.69) is 10.6 Å². The summed E-state index contributed by atoms with van der Waals surface area (Å²) in [5.41, 5.74) is -0.0511. The maximum Gasteiger partial charge on any atom is 0.325 e. The van der Waals surface area contributed by atoms with Crippen LogP contribution in [0.4, 0.5) is 4.79 Å². The summed E-state index contributed by atoms with van der Waals surface area (Å²) in [5, 5.41) is 5.34. The van der Waals surface area contributed by atoms with Gasteiger partial charge < -0.3 is 15.4 Å². The third-order valence-corrected chi connectivity index (χ3v) is 3.68. The van der Waals surface area contributed by atoms with Crippen LogP contribution in [0.15, 0.2) is 24.3 Å². The van der Waals surface area contributed by atoms with Gasteiger partial charge in [0.05, 0.1) is 7.11 Å². The van der Waals surface area contributed by atoms with Crippen LogP contribution in [0.5, 0.6) is 5.75 Å². The highest BCUT2D eigenvalue weighted by Crippen LogP contribution is 2.18. The number of urea groups is 1. The summed E-state index contributed by atoms with van der Waals surface area (Å²) in [6, 6.07) is 6.93. The average molecular weight is 319 g/mol. The van der Waals surface area contributed by atoms with Crippen molar-refractivity contribution in [3.63, 3.8) is 0 Å². The topological polar surface area (TPSA) is 87.7 Å². The lowest BCUT2D eigenvalue weighted by Crippen LogP contribution is -2.40. The number of nitrogens with one attached hydrogen (secondary N) is 2. The molecule has 0 atom stereocenters. The minimum absolute atomic E-state index is 0.0599. The molecule has 1 aromatic rings. The van der Waals surface area contributed by atoms with Crippen molar-refractivity contribution in [2.75, 3.05) is 13.7 Å². The van der Waals surface area contributed by atoms with E-state index < -0.39 is 11.6 Å². The van der Waals surface area contributed by atoms with Crippen molar-refractivity contribution in [2.24, 2.45) is 0 Å². The summed E-state index contributed by atoms with van der Waals surface area (Å²) in [5.74, 6) is 0.143. The van der Waals surface area contributed by atoms with Gasteiger partial charge in [0.15, 0.2) is 0 Å². The number of para-hydroxylation sites is 1. The Bertz CT molecular complexity index is 628. The van der Waals surface area contributed by atoms with Crippen molar-refractivity contribution >= 4 is 17.8 Å². The van der Waals surface area contributed by atoms with Crippen molar-refractivity contribution < 1.29 is 19.1 Å². The number of ether oxygens (including phenoxy) is 1. The maximum absolute atomic E-state index is 12.0. The minimum Gasteiger partial charge on any atom is -0.496 e. The standard InChI is InChI=1S/C16H21N3O4/c1-16(2)14(21)19(15(22)18-16)9-8-13(20)17-10-11-6-4-5-7-12(11)23-3/h4-7H,8-10H2,1-3H3,(H,17,20)(H,18,22). The minimum atomic E-state index is -0.912. The number of hydrogen-bond donors (Lipinski definition) is 2. The highest BCUT2D eigenvalue weighted by molar-refractivity contribution is 6.06. The molecule has 23 heavy (non-hydrogen) atoms. The zero-order valence-electron chi connectivity index (χ0n) is 13.5. The number of carbonyl (C=O) groups is 3. The number of carbonyl (C=O) groups excluding carboxylic acids is 3. The molecule has 124 valence electrons. The summed E-state index contributed by atoms with van der Waals surface area (Å²) >= 11 is 0. The van der Waals surface area contributed by atoms with Gasteiger partial charge in [0.1, 0.15) is 11.3 Å². The zero-order chi connectivity index (χ0) is 17.0. The summed E-state index contributed by atoms with van der Waals surface area (Å²) in [6.45, 7) is 3.66. The molecule has 1 fully saturated rings. The van der Waals surface area contributed by atoms with E-state index in [1.54, 1.807) is 21.0 Å². The molecule has 0 radical (unpaired) electrons. The second kappa shape index (κ2) is 6.68. The van der Waals surface area contributed by atoms with E-state index in [0.29, 0.717) is 12.3 Å². The fourth-order valence-electron chi connectivity index (χ4n) is 2.37. The van der Waals surface area contributed by atoms with E-state index in [1.807, 2.05) is 24.3 Å². The molecular formula is C16H21N3O4. The summed E-state index contributed by atoms with van der Waals surface area (Å²) < 4.78 is 5.21. The smallest absolute Gasteiger partial charge is 0.325 e. The quantitative estimate of drug-likeness (QED) is 0.767. The van der Waals surface area contributed by atoms with Crippen LogP contribution in [0, 0.1) is 0 Å². The predicted molar refractivity (Wildman–Crippen MR) is 83.8 cm³/mol. The third-order valence-electron chi connectivity index (χ3n) is 3.68. The van der Waals surface area contributed by atoms with Crippen molar-refractivity contribution in [3.8, 4) is 5.75 Å². The summed E-state index contributed by atoms with van der Waals surface area (Å²) in [7, 11) is 1.57. The monoisotopic (exact) mass is 319 g/mol. The van der Waals surface area contributed by atoms with Gasteiger partial charge in [0.25, 0.3) is 5.91 Å². The fourth-order valence-corrected chi connectivity index (χ4v) is 2.37. The van der Waals surface area contributed by atoms with Crippen molar-refractivity contribution in [2.45, 2.75) is 32.4 Å². The molecule has 0 aliphatic carbocycles. The van der Waals surface area contributed by atoms with Gasteiger partial charge in [-0.2, -0.15) is 0 Å². The number of imide groups is 1. The molecule has 1 saturated heterocycles. The van der Waals surface area contributed by atoms with Crippen LogP contribution in [-0.4, -0.2) is 41.9 Å². The molecule has 2 N–H and O–H groups in total. The van der Waals surface area contributed by atoms with Gasteiger partial charge in [-0.05, 0) is 19.9 Å². The third kappa shape index (κ3) is 3.80. The van der Waals surface area contributed by atoms with E-state index in [-0.39, 0.29) is 24.8 Å². The van der Waals surface area contributed by atoms with Crippen LogP contribution < -0.4 is 15.4 Å². The van der Waals surface area contributed by atoms with Gasteiger partial charge in [0, 0.05) is 25.1 Å². The first-order valence-electron chi connectivity index (χ1n) is 7.38. The Kier molecular flexibility index (Phi) is 4.88. The zero-order valence-corrected chi connectivity index (χ0v) is 13.5. The Balaban J connectivity index is 1.84. The highest BCUT2D eigenvalue weighted by Gasteiger charge is 2.43. The van der Waals surface area contributed by atoms with Crippen LogP contribution in [0.3, 0.4) is 0 Å². The van der Waals surface area contributed by atoms with Gasteiger partial charge >= 0.3 is 6.03 Å². The second-order valence-corrected chi connectivity index (χ2v) is 5.85. The number of nitrogens with zero attached hydrogens (tertiary/aromatic N) is 1. The van der Waals surface area contributed by atoms with Gasteiger partial charge in [-0.25, -0.2) is 4.79 Å². The molecule has 0 unspecified atom stereocenters. The fraction of sp³-hybridized carbons (Fsp3) is 0.438. The largest absolute Gasteiger partial charge is 0.496 e. The first-order valence-corrected chi connectivity index (χ1v) is 7.38. The average Bonchev–Trinajstić information content (AvgIpc) is 2.71. The Morgan fingerprint density at radius 2 is 2.00 bits per heavy atom. The Morgan fingerprint density at radius 1 is 1.30 bits per heavy atom. The second-order valence-electron chi connectivity index (χ2n) is 5.85. The molecule has 2 rings (SSSR count). The van der Waals surface area contributed by atoms with Crippen molar-refractivity contribution in [1.29, 1.82) is 0 Å². The Morgan fingerprint density at radius 3 is 2.61 bits per heavy atom. The van der Waals surface area contributed by atoms with Crippen LogP contribution in [0.1, 0.15) is 25.8 Å². The molecule has 1 aliphatic heterocycles. The molecule has 1 aliphatic rings. The van der Waals surface area contributed by atoms with Crippen LogP contribution in [0.25, 0.3) is 0 Å². The molecular weight excluding hydrogens is 298 g/mol. The molecule has 1 heterocycles. The molecule has 1 aromatic carbocycles. The van der Waals surface area contributed by atoms with Gasteiger partial charge in [0.2, 0.25) is 5.91 Å². The van der Waals surface area contributed by atoms with Crippen LogP contribution in [-0.2, 0) is 16.1 Å². The highest BCUT2D eigenvalue weighted by atomic mass is 16.5. The lowest BCUT2D eigenvalue weighted by Gasteiger charge is -2.16. The maximum atomic E-state index is 12.0. The summed E-state index contributed by atoms with van der Waals surface area (Å²) in [6.07, 6.45) is 0.0599. The molecule has 0 spiro atoms. The number of rotatable bonds is 6. The van der Waals surface area contributed by atoms with Crippen molar-refractivity contribution in [3.05, 3.63) is 29.8 Å². The van der Waals surface area contributed by atoms with Gasteiger partial charge in [-0.3, -0.25) is 14.5 Å². The molecule has 0 bridgehead atoms. The van der Waals surface area contributed by atoms with Gasteiger partial charge in [-0.1, -0.05) is 18.2 Å². The van der Waals surface area contributed by atoms with E-state index in [0.717, 1.165) is 10.5 Å². The molecule has 0 saturated carbocycles. The number of methoxy groups -OCH3 is 1.